The lowest BCUT2D eigenvalue weighted by atomic mass is 10.4. The summed E-state index contributed by atoms with van der Waals surface area (Å²) in [5, 5.41) is 6.49. The first kappa shape index (κ1) is 10.8. The van der Waals surface area contributed by atoms with Crippen molar-refractivity contribution in [1.82, 2.24) is 15.2 Å². The van der Waals surface area contributed by atoms with Crippen LogP contribution in [-0.4, -0.2) is 22.6 Å². The summed E-state index contributed by atoms with van der Waals surface area (Å²) in [6, 6.07) is 5.25. The molecule has 2 aliphatic rings. The van der Waals surface area contributed by atoms with Crippen molar-refractivity contribution in [1.29, 1.82) is 0 Å². The molecule has 0 spiro atoms. The van der Waals surface area contributed by atoms with Crippen molar-refractivity contribution in [2.45, 2.75) is 50.9 Å². The Morgan fingerprint density at radius 1 is 1.29 bits per heavy atom. The van der Waals surface area contributed by atoms with Crippen molar-refractivity contribution < 1.29 is 4.79 Å². The number of hydrogen-bond donors (Lipinski definition) is 2. The van der Waals surface area contributed by atoms with Gasteiger partial charge in [0.25, 0.3) is 0 Å². The average Bonchev–Trinajstić information content (AvgIpc) is 3.20. The molecule has 0 radical (unpaired) electrons. The minimum Gasteiger partial charge on any atom is -0.352 e. The first-order valence-electron chi connectivity index (χ1n) is 6.48. The van der Waals surface area contributed by atoms with Gasteiger partial charge in [-0.05, 0) is 37.8 Å². The minimum absolute atomic E-state index is 0.136. The molecule has 0 aromatic carbocycles. The second-order valence-electron chi connectivity index (χ2n) is 5.12. The van der Waals surface area contributed by atoms with Crippen LogP contribution in [0, 0.1) is 0 Å². The number of rotatable bonds is 6. The molecule has 0 aliphatic heterocycles. The summed E-state index contributed by atoms with van der Waals surface area (Å²) in [5.41, 5.74) is 1.20. The van der Waals surface area contributed by atoms with Gasteiger partial charge in [0.1, 0.15) is 6.54 Å². The first-order valence-corrected chi connectivity index (χ1v) is 6.48. The van der Waals surface area contributed by atoms with E-state index >= 15 is 0 Å². The molecule has 0 saturated heterocycles. The average molecular weight is 233 g/mol. The maximum Gasteiger partial charge on any atom is 0.240 e. The van der Waals surface area contributed by atoms with Gasteiger partial charge >= 0.3 is 0 Å². The van der Waals surface area contributed by atoms with Crippen LogP contribution in [0.15, 0.2) is 18.3 Å². The standard InChI is InChI=1S/C13H19N3O/c17-13(15-11-5-6-11)9-16-7-1-2-12(16)8-14-10-3-4-10/h1-2,7,10-11,14H,3-6,8-9H2,(H,15,17). The Morgan fingerprint density at radius 2 is 2.06 bits per heavy atom. The van der Waals surface area contributed by atoms with Gasteiger partial charge in [0.15, 0.2) is 0 Å². The van der Waals surface area contributed by atoms with E-state index in [0.29, 0.717) is 18.6 Å². The Bertz CT molecular complexity index is 405. The molecular weight excluding hydrogens is 214 g/mol. The van der Waals surface area contributed by atoms with E-state index < -0.39 is 0 Å². The molecule has 92 valence electrons. The Labute approximate surface area is 101 Å². The molecule has 2 N–H and O–H groups in total. The number of amides is 1. The van der Waals surface area contributed by atoms with Crippen molar-refractivity contribution >= 4 is 5.91 Å². The lowest BCUT2D eigenvalue weighted by Crippen LogP contribution is -2.30. The molecule has 1 aromatic heterocycles. The fraction of sp³-hybridized carbons (Fsp3) is 0.615. The van der Waals surface area contributed by atoms with E-state index in [1.807, 2.05) is 16.8 Å². The molecule has 1 aromatic rings. The normalized spacial score (nSPS) is 19.3. The number of nitrogens with one attached hydrogen (secondary N) is 2. The molecule has 1 heterocycles. The van der Waals surface area contributed by atoms with Gasteiger partial charge in [0.2, 0.25) is 5.91 Å². The Morgan fingerprint density at radius 3 is 2.76 bits per heavy atom. The number of nitrogens with zero attached hydrogens (tertiary/aromatic N) is 1. The van der Waals surface area contributed by atoms with E-state index in [9.17, 15) is 4.79 Å². The maximum atomic E-state index is 11.7. The van der Waals surface area contributed by atoms with E-state index in [1.165, 1.54) is 18.5 Å². The lowest BCUT2D eigenvalue weighted by molar-refractivity contribution is -0.121. The van der Waals surface area contributed by atoms with Crippen molar-refractivity contribution in [3.63, 3.8) is 0 Å². The summed E-state index contributed by atoms with van der Waals surface area (Å²) >= 11 is 0. The second-order valence-corrected chi connectivity index (χ2v) is 5.12. The first-order chi connectivity index (χ1) is 8.31. The summed E-state index contributed by atoms with van der Waals surface area (Å²) < 4.78 is 2.03. The smallest absolute Gasteiger partial charge is 0.240 e. The molecule has 4 nitrogen and oxygen atoms in total. The van der Waals surface area contributed by atoms with Gasteiger partial charge in [-0.2, -0.15) is 0 Å². The van der Waals surface area contributed by atoms with Crippen LogP contribution in [-0.2, 0) is 17.9 Å². The highest BCUT2D eigenvalue weighted by Gasteiger charge is 2.23. The Hall–Kier alpha value is -1.29. The highest BCUT2D eigenvalue weighted by Crippen LogP contribution is 2.20. The van der Waals surface area contributed by atoms with Crippen molar-refractivity contribution in [2.24, 2.45) is 0 Å². The van der Waals surface area contributed by atoms with Crippen LogP contribution >= 0.6 is 0 Å². The van der Waals surface area contributed by atoms with Gasteiger partial charge in [0, 0.05) is 30.5 Å². The van der Waals surface area contributed by atoms with Crippen molar-refractivity contribution in [2.75, 3.05) is 0 Å². The van der Waals surface area contributed by atoms with Crippen molar-refractivity contribution in [3.05, 3.63) is 24.0 Å². The predicted molar refractivity (Wildman–Crippen MR) is 65.5 cm³/mol. The zero-order valence-electron chi connectivity index (χ0n) is 9.98. The van der Waals surface area contributed by atoms with E-state index in [0.717, 1.165) is 19.4 Å². The van der Waals surface area contributed by atoms with E-state index in [-0.39, 0.29) is 5.91 Å². The monoisotopic (exact) mass is 233 g/mol. The Kier molecular flexibility index (Phi) is 2.89. The van der Waals surface area contributed by atoms with Gasteiger partial charge in [-0.25, -0.2) is 0 Å². The van der Waals surface area contributed by atoms with Gasteiger partial charge < -0.3 is 15.2 Å². The quantitative estimate of drug-likeness (QED) is 0.770. The molecule has 17 heavy (non-hydrogen) atoms. The van der Waals surface area contributed by atoms with Crippen LogP contribution in [0.1, 0.15) is 31.4 Å². The third-order valence-electron chi connectivity index (χ3n) is 3.33. The van der Waals surface area contributed by atoms with Crippen molar-refractivity contribution in [3.8, 4) is 0 Å². The third kappa shape index (κ3) is 3.09. The topological polar surface area (TPSA) is 46.1 Å². The highest BCUT2D eigenvalue weighted by atomic mass is 16.2. The van der Waals surface area contributed by atoms with Gasteiger partial charge in [0.05, 0.1) is 0 Å². The number of carbonyl (C=O) groups is 1. The molecule has 0 unspecified atom stereocenters. The molecular formula is C13H19N3O. The minimum atomic E-state index is 0.136. The zero-order chi connectivity index (χ0) is 11.7. The summed E-state index contributed by atoms with van der Waals surface area (Å²) in [6.45, 7) is 1.32. The largest absolute Gasteiger partial charge is 0.352 e. The van der Waals surface area contributed by atoms with Crippen LogP contribution in [0.2, 0.25) is 0 Å². The number of hydrogen-bond acceptors (Lipinski definition) is 2. The summed E-state index contributed by atoms with van der Waals surface area (Å²) in [4.78, 5) is 11.7. The molecule has 0 atom stereocenters. The molecule has 4 heteroatoms. The van der Waals surface area contributed by atoms with Gasteiger partial charge in [-0.1, -0.05) is 0 Å². The summed E-state index contributed by atoms with van der Waals surface area (Å²) in [6.07, 6.45) is 6.86. The fourth-order valence-corrected chi connectivity index (χ4v) is 1.96. The fourth-order valence-electron chi connectivity index (χ4n) is 1.96. The zero-order valence-corrected chi connectivity index (χ0v) is 9.98. The van der Waals surface area contributed by atoms with Gasteiger partial charge in [-0.15, -0.1) is 0 Å². The van der Waals surface area contributed by atoms with Crippen LogP contribution in [0.4, 0.5) is 0 Å². The number of aromatic nitrogens is 1. The summed E-state index contributed by atoms with van der Waals surface area (Å²) in [7, 11) is 0. The molecule has 3 rings (SSSR count). The van der Waals surface area contributed by atoms with E-state index in [2.05, 4.69) is 16.7 Å². The third-order valence-corrected chi connectivity index (χ3v) is 3.33. The van der Waals surface area contributed by atoms with Crippen LogP contribution in [0.25, 0.3) is 0 Å². The van der Waals surface area contributed by atoms with Crippen LogP contribution < -0.4 is 10.6 Å². The Balaban J connectivity index is 1.53. The molecule has 2 aliphatic carbocycles. The summed E-state index contributed by atoms with van der Waals surface area (Å²) in [5.74, 6) is 0.136. The SMILES string of the molecule is O=C(Cn1cccc1CNC1CC1)NC1CC1. The molecule has 1 amide bonds. The van der Waals surface area contributed by atoms with Crippen LogP contribution in [0.3, 0.4) is 0 Å². The van der Waals surface area contributed by atoms with E-state index in [4.69, 9.17) is 0 Å². The van der Waals surface area contributed by atoms with Gasteiger partial charge in [-0.3, -0.25) is 4.79 Å². The predicted octanol–water partition coefficient (Wildman–Crippen LogP) is 1.02. The highest BCUT2D eigenvalue weighted by molar-refractivity contribution is 5.76. The lowest BCUT2D eigenvalue weighted by Gasteiger charge is -2.10. The second kappa shape index (κ2) is 4.53. The molecule has 2 fully saturated rings. The van der Waals surface area contributed by atoms with Crippen LogP contribution in [0.5, 0.6) is 0 Å². The number of carbonyl (C=O) groups excluding carboxylic acids is 1. The molecule has 2 saturated carbocycles. The molecule has 0 bridgehead atoms. The maximum absolute atomic E-state index is 11.7. The van der Waals surface area contributed by atoms with E-state index in [1.54, 1.807) is 0 Å².